The molecule has 1 aliphatic carbocycles. The van der Waals surface area contributed by atoms with Gasteiger partial charge in [-0.2, -0.15) is 0 Å². The topological polar surface area (TPSA) is 102 Å². The Balaban J connectivity index is 1.32. The SMILES string of the molecule is COc1cc2c(Nc3ccc(NC(=O)Cc4cc(C)on4)c(Cl)c3)ccnc2cc1OCC1(N(C)C)CC1. The molecule has 0 atom stereocenters. The van der Waals surface area contributed by atoms with Gasteiger partial charge in [-0.15, -0.1) is 0 Å². The molecule has 1 saturated carbocycles. The number of fused-ring (bicyclic) bond motifs is 1. The lowest BCUT2D eigenvalue weighted by molar-refractivity contribution is -0.115. The van der Waals surface area contributed by atoms with Crippen LogP contribution in [0.4, 0.5) is 17.1 Å². The summed E-state index contributed by atoms with van der Waals surface area (Å²) in [5.74, 6) is 1.73. The van der Waals surface area contributed by atoms with Crippen molar-refractivity contribution in [2.24, 2.45) is 0 Å². The number of carbonyl (C=O) groups excluding carboxylic acids is 1. The van der Waals surface area contributed by atoms with Gasteiger partial charge in [-0.05, 0) is 64.2 Å². The summed E-state index contributed by atoms with van der Waals surface area (Å²) in [4.78, 5) is 19.2. The van der Waals surface area contributed by atoms with Gasteiger partial charge in [0.25, 0.3) is 0 Å². The molecule has 5 rings (SSSR count). The maximum Gasteiger partial charge on any atom is 0.230 e. The second kappa shape index (κ2) is 10.5. The molecule has 0 unspecified atom stereocenters. The van der Waals surface area contributed by atoms with Crippen LogP contribution in [0.5, 0.6) is 11.5 Å². The molecule has 198 valence electrons. The maximum absolute atomic E-state index is 12.4. The zero-order valence-electron chi connectivity index (χ0n) is 21.8. The van der Waals surface area contributed by atoms with Gasteiger partial charge < -0.3 is 29.5 Å². The highest BCUT2D eigenvalue weighted by Gasteiger charge is 2.45. The number of nitrogens with one attached hydrogen (secondary N) is 2. The van der Waals surface area contributed by atoms with Crippen LogP contribution in [-0.2, 0) is 11.2 Å². The van der Waals surface area contributed by atoms with E-state index in [2.05, 4.69) is 39.8 Å². The number of anilines is 3. The molecule has 0 aliphatic heterocycles. The highest BCUT2D eigenvalue weighted by atomic mass is 35.5. The predicted molar refractivity (Wildman–Crippen MR) is 148 cm³/mol. The van der Waals surface area contributed by atoms with E-state index in [1.54, 1.807) is 38.4 Å². The minimum atomic E-state index is -0.232. The molecule has 1 aliphatic rings. The van der Waals surface area contributed by atoms with Crippen LogP contribution in [0.1, 0.15) is 24.3 Å². The quantitative estimate of drug-likeness (QED) is 0.271. The van der Waals surface area contributed by atoms with Gasteiger partial charge in [-0.25, -0.2) is 0 Å². The van der Waals surface area contributed by atoms with E-state index in [-0.39, 0.29) is 17.9 Å². The number of carbonyl (C=O) groups is 1. The summed E-state index contributed by atoms with van der Waals surface area (Å²) in [6.07, 6.45) is 4.08. The minimum Gasteiger partial charge on any atom is -0.493 e. The van der Waals surface area contributed by atoms with Crippen molar-refractivity contribution in [3.8, 4) is 11.5 Å². The molecule has 4 aromatic rings. The lowest BCUT2D eigenvalue weighted by Crippen LogP contribution is -2.35. The molecule has 0 saturated heterocycles. The molecule has 1 fully saturated rings. The average molecular weight is 536 g/mol. The van der Waals surface area contributed by atoms with Crippen molar-refractivity contribution in [1.82, 2.24) is 15.0 Å². The van der Waals surface area contributed by atoms with Gasteiger partial charge in [-0.1, -0.05) is 16.8 Å². The van der Waals surface area contributed by atoms with E-state index < -0.39 is 0 Å². The Kier molecular flexibility index (Phi) is 7.14. The summed E-state index contributed by atoms with van der Waals surface area (Å²) in [5, 5.41) is 11.4. The number of ether oxygens (including phenoxy) is 2. The molecule has 2 aromatic carbocycles. The Labute approximate surface area is 226 Å². The first-order valence-corrected chi connectivity index (χ1v) is 12.7. The third kappa shape index (κ3) is 5.54. The first-order valence-electron chi connectivity index (χ1n) is 12.3. The number of aromatic nitrogens is 2. The number of hydrogen-bond acceptors (Lipinski definition) is 8. The lowest BCUT2D eigenvalue weighted by Gasteiger charge is -2.24. The number of halogens is 1. The smallest absolute Gasteiger partial charge is 0.230 e. The normalized spacial score (nSPS) is 13.9. The molecule has 2 N–H and O–H groups in total. The third-order valence-corrected chi connectivity index (χ3v) is 7.15. The number of methoxy groups -OCH3 is 1. The van der Waals surface area contributed by atoms with Crippen molar-refractivity contribution in [3.05, 3.63) is 65.1 Å². The van der Waals surface area contributed by atoms with Crippen molar-refractivity contribution >= 4 is 45.5 Å². The fourth-order valence-electron chi connectivity index (χ4n) is 4.32. The first-order chi connectivity index (χ1) is 18.3. The monoisotopic (exact) mass is 535 g/mol. The number of rotatable bonds is 10. The Hall–Kier alpha value is -3.82. The zero-order chi connectivity index (χ0) is 26.9. The van der Waals surface area contributed by atoms with Crippen LogP contribution in [0.3, 0.4) is 0 Å². The molecule has 10 heteroatoms. The van der Waals surface area contributed by atoms with Gasteiger partial charge in [0.15, 0.2) is 11.5 Å². The second-order valence-electron chi connectivity index (χ2n) is 9.76. The Morgan fingerprint density at radius 1 is 1.13 bits per heavy atom. The van der Waals surface area contributed by atoms with Gasteiger partial charge in [0.2, 0.25) is 5.91 Å². The second-order valence-corrected chi connectivity index (χ2v) is 10.2. The summed E-state index contributed by atoms with van der Waals surface area (Å²) in [7, 11) is 5.80. The Morgan fingerprint density at radius 3 is 2.61 bits per heavy atom. The molecule has 2 heterocycles. The van der Waals surface area contributed by atoms with E-state index in [1.807, 2.05) is 24.3 Å². The molecule has 0 radical (unpaired) electrons. The van der Waals surface area contributed by atoms with Crippen LogP contribution in [-0.4, -0.2) is 54.3 Å². The molecule has 1 amide bonds. The van der Waals surface area contributed by atoms with Crippen LogP contribution in [0.2, 0.25) is 5.02 Å². The largest absolute Gasteiger partial charge is 0.493 e. The first kappa shape index (κ1) is 25.8. The number of likely N-dealkylation sites (N-methyl/N-ethyl adjacent to an activating group) is 1. The van der Waals surface area contributed by atoms with Crippen LogP contribution >= 0.6 is 11.6 Å². The van der Waals surface area contributed by atoms with Gasteiger partial charge in [-0.3, -0.25) is 9.78 Å². The molecule has 0 bridgehead atoms. The van der Waals surface area contributed by atoms with E-state index >= 15 is 0 Å². The summed E-state index contributed by atoms with van der Waals surface area (Å²) in [5.41, 5.74) is 3.54. The van der Waals surface area contributed by atoms with Crippen molar-refractivity contribution in [1.29, 1.82) is 0 Å². The van der Waals surface area contributed by atoms with E-state index in [0.717, 1.165) is 35.1 Å². The van der Waals surface area contributed by atoms with Gasteiger partial charge in [0.1, 0.15) is 12.4 Å². The minimum absolute atomic E-state index is 0.0941. The Morgan fingerprint density at radius 2 is 1.95 bits per heavy atom. The third-order valence-electron chi connectivity index (χ3n) is 6.84. The van der Waals surface area contributed by atoms with E-state index in [4.69, 9.17) is 25.6 Å². The number of hydrogen-bond donors (Lipinski definition) is 2. The molecule has 0 spiro atoms. The van der Waals surface area contributed by atoms with Crippen LogP contribution in [0.25, 0.3) is 10.9 Å². The number of nitrogens with zero attached hydrogens (tertiary/aromatic N) is 3. The van der Waals surface area contributed by atoms with Crippen LogP contribution < -0.4 is 20.1 Å². The molecular weight excluding hydrogens is 506 g/mol. The van der Waals surface area contributed by atoms with Gasteiger partial charge in [0.05, 0.1) is 41.0 Å². The standard InChI is InChI=1S/C28H30ClN5O4/c1-17-11-19(33-38-17)13-27(35)32-23-6-5-18(12-21(23)29)31-22-7-10-30-24-15-26(25(36-4)14-20(22)24)37-16-28(8-9-28)34(2)3/h5-7,10-12,14-15H,8-9,13,16H2,1-4H3,(H,30,31)(H,32,35). The fourth-order valence-corrected chi connectivity index (χ4v) is 4.55. The number of aryl methyl sites for hydroxylation is 1. The molecular formula is C28H30ClN5O4. The van der Waals surface area contributed by atoms with Crippen molar-refractivity contribution < 1.29 is 18.8 Å². The fraction of sp³-hybridized carbons (Fsp3) is 0.321. The molecule has 9 nitrogen and oxygen atoms in total. The zero-order valence-corrected chi connectivity index (χ0v) is 22.6. The predicted octanol–water partition coefficient (Wildman–Crippen LogP) is 5.59. The van der Waals surface area contributed by atoms with E-state index in [9.17, 15) is 4.79 Å². The molecule has 2 aromatic heterocycles. The highest BCUT2D eigenvalue weighted by molar-refractivity contribution is 6.34. The lowest BCUT2D eigenvalue weighted by atomic mass is 10.1. The van der Waals surface area contributed by atoms with Gasteiger partial charge >= 0.3 is 0 Å². The van der Waals surface area contributed by atoms with Crippen LogP contribution in [0.15, 0.2) is 53.2 Å². The number of amides is 1. The van der Waals surface area contributed by atoms with E-state index in [0.29, 0.717) is 40.3 Å². The van der Waals surface area contributed by atoms with Crippen molar-refractivity contribution in [3.63, 3.8) is 0 Å². The van der Waals surface area contributed by atoms with E-state index in [1.165, 1.54) is 0 Å². The highest BCUT2D eigenvalue weighted by Crippen LogP contribution is 2.42. The number of pyridine rings is 1. The Bertz CT molecular complexity index is 1480. The summed E-state index contributed by atoms with van der Waals surface area (Å²) in [6.45, 7) is 2.38. The van der Waals surface area contributed by atoms with Crippen LogP contribution in [0, 0.1) is 6.92 Å². The van der Waals surface area contributed by atoms with Gasteiger partial charge in [0, 0.05) is 35.1 Å². The summed E-state index contributed by atoms with van der Waals surface area (Å²) < 4.78 is 16.9. The van der Waals surface area contributed by atoms with Crippen molar-refractivity contribution in [2.75, 3.05) is 38.4 Å². The summed E-state index contributed by atoms with van der Waals surface area (Å²) >= 11 is 6.49. The molecule has 38 heavy (non-hydrogen) atoms. The average Bonchev–Trinajstić information content (AvgIpc) is 3.59. The summed E-state index contributed by atoms with van der Waals surface area (Å²) in [6, 6.07) is 12.8. The number of benzene rings is 2. The van der Waals surface area contributed by atoms with Crippen molar-refractivity contribution in [2.45, 2.75) is 31.7 Å². The maximum atomic E-state index is 12.4.